The highest BCUT2D eigenvalue weighted by molar-refractivity contribution is 7.92. The van der Waals surface area contributed by atoms with Crippen LogP contribution in [0.3, 0.4) is 0 Å². The third kappa shape index (κ3) is 3.71. The molecule has 0 saturated heterocycles. The third-order valence-electron chi connectivity index (χ3n) is 4.18. The molecule has 0 aliphatic carbocycles. The van der Waals surface area contributed by atoms with Gasteiger partial charge >= 0.3 is 5.97 Å². The SMILES string of the molecule is CCOC(=O)c1cc(S(=O)(=O)Nc2c(C)cc(C)cc2C)c(C)n1C. The van der Waals surface area contributed by atoms with Gasteiger partial charge in [-0.15, -0.1) is 0 Å². The molecule has 0 aliphatic heterocycles. The normalized spacial score (nSPS) is 11.4. The molecule has 136 valence electrons. The average molecular weight is 364 g/mol. The van der Waals surface area contributed by atoms with Gasteiger partial charge in [0.25, 0.3) is 10.0 Å². The number of carbonyl (C=O) groups is 1. The molecule has 6 nitrogen and oxygen atoms in total. The van der Waals surface area contributed by atoms with Crippen LogP contribution in [0.15, 0.2) is 23.1 Å². The van der Waals surface area contributed by atoms with Crippen molar-refractivity contribution >= 4 is 21.7 Å². The summed E-state index contributed by atoms with van der Waals surface area (Å²) in [6.45, 7) is 9.28. The Morgan fingerprint density at radius 1 is 1.12 bits per heavy atom. The van der Waals surface area contributed by atoms with E-state index < -0.39 is 16.0 Å². The summed E-state index contributed by atoms with van der Waals surface area (Å²) < 4.78 is 34.9. The Hall–Kier alpha value is -2.28. The van der Waals surface area contributed by atoms with Gasteiger partial charge in [0.15, 0.2) is 0 Å². The largest absolute Gasteiger partial charge is 0.461 e. The summed E-state index contributed by atoms with van der Waals surface area (Å²) in [6.07, 6.45) is 0. The summed E-state index contributed by atoms with van der Waals surface area (Å²) in [7, 11) is -2.19. The molecule has 1 aromatic heterocycles. The number of ether oxygens (including phenoxy) is 1. The van der Waals surface area contributed by atoms with Crippen molar-refractivity contribution in [3.05, 3.63) is 46.3 Å². The number of nitrogens with zero attached hydrogens (tertiary/aromatic N) is 1. The Bertz CT molecular complexity index is 904. The van der Waals surface area contributed by atoms with Gasteiger partial charge in [-0.05, 0) is 51.8 Å². The zero-order valence-corrected chi connectivity index (χ0v) is 16.2. The van der Waals surface area contributed by atoms with Gasteiger partial charge in [0.2, 0.25) is 0 Å². The molecule has 0 fully saturated rings. The van der Waals surface area contributed by atoms with Crippen LogP contribution in [0.1, 0.15) is 39.8 Å². The van der Waals surface area contributed by atoms with Crippen LogP contribution >= 0.6 is 0 Å². The minimum absolute atomic E-state index is 0.0671. The average Bonchev–Trinajstić information content (AvgIpc) is 2.80. The van der Waals surface area contributed by atoms with Crippen LogP contribution in [0.4, 0.5) is 5.69 Å². The molecule has 0 bridgehead atoms. The van der Waals surface area contributed by atoms with Gasteiger partial charge in [-0.3, -0.25) is 4.72 Å². The number of anilines is 1. The lowest BCUT2D eigenvalue weighted by Gasteiger charge is -2.14. The summed E-state index contributed by atoms with van der Waals surface area (Å²) >= 11 is 0. The number of hydrogen-bond acceptors (Lipinski definition) is 4. The number of hydrogen-bond donors (Lipinski definition) is 1. The fourth-order valence-corrected chi connectivity index (χ4v) is 4.37. The topological polar surface area (TPSA) is 77.4 Å². The molecule has 25 heavy (non-hydrogen) atoms. The molecule has 0 spiro atoms. The molecule has 1 aromatic carbocycles. The van der Waals surface area contributed by atoms with E-state index in [9.17, 15) is 13.2 Å². The Labute approximate surface area is 148 Å². The number of nitrogens with one attached hydrogen (secondary N) is 1. The minimum Gasteiger partial charge on any atom is -0.461 e. The van der Waals surface area contributed by atoms with Crippen LogP contribution in [0.2, 0.25) is 0 Å². The van der Waals surface area contributed by atoms with Crippen LogP contribution in [-0.2, 0) is 21.8 Å². The van der Waals surface area contributed by atoms with E-state index in [1.165, 1.54) is 10.6 Å². The van der Waals surface area contributed by atoms with E-state index >= 15 is 0 Å². The van der Waals surface area contributed by atoms with Crippen molar-refractivity contribution in [3.63, 3.8) is 0 Å². The maximum absolute atomic E-state index is 12.9. The predicted molar refractivity (Wildman–Crippen MR) is 97.6 cm³/mol. The summed E-state index contributed by atoms with van der Waals surface area (Å²) in [5.41, 5.74) is 4.00. The molecular formula is C18H24N2O4S. The Morgan fingerprint density at radius 3 is 2.20 bits per heavy atom. The lowest BCUT2D eigenvalue weighted by Crippen LogP contribution is -2.15. The minimum atomic E-state index is -3.83. The van der Waals surface area contributed by atoms with Gasteiger partial charge in [-0.1, -0.05) is 17.7 Å². The highest BCUT2D eigenvalue weighted by Crippen LogP contribution is 2.27. The van der Waals surface area contributed by atoms with Gasteiger partial charge in [0.05, 0.1) is 12.3 Å². The van der Waals surface area contributed by atoms with Crippen molar-refractivity contribution in [1.29, 1.82) is 0 Å². The molecule has 0 unspecified atom stereocenters. The van der Waals surface area contributed by atoms with E-state index in [1.807, 2.05) is 32.9 Å². The zero-order valence-electron chi connectivity index (χ0n) is 15.4. The first-order valence-corrected chi connectivity index (χ1v) is 9.51. The zero-order chi connectivity index (χ0) is 18.9. The van der Waals surface area contributed by atoms with Gasteiger partial charge in [0.1, 0.15) is 10.6 Å². The molecule has 0 aliphatic rings. The summed E-state index contributed by atoms with van der Waals surface area (Å²) in [5.74, 6) is -0.544. The molecule has 2 aromatic rings. The maximum Gasteiger partial charge on any atom is 0.354 e. The number of benzene rings is 1. The van der Waals surface area contributed by atoms with E-state index in [-0.39, 0.29) is 17.2 Å². The molecule has 2 rings (SSSR count). The first-order valence-electron chi connectivity index (χ1n) is 8.02. The van der Waals surface area contributed by atoms with Crippen molar-refractivity contribution < 1.29 is 17.9 Å². The van der Waals surface area contributed by atoms with E-state index in [0.717, 1.165) is 16.7 Å². The molecule has 1 heterocycles. The van der Waals surface area contributed by atoms with E-state index in [4.69, 9.17) is 4.74 Å². The predicted octanol–water partition coefficient (Wildman–Crippen LogP) is 3.24. The van der Waals surface area contributed by atoms with E-state index in [0.29, 0.717) is 11.4 Å². The van der Waals surface area contributed by atoms with Crippen LogP contribution in [0, 0.1) is 27.7 Å². The van der Waals surface area contributed by atoms with Crippen LogP contribution in [-0.4, -0.2) is 25.6 Å². The standard InChI is InChI=1S/C18H24N2O4S/c1-7-24-18(21)15-10-16(14(5)20(15)6)25(22,23)19-17-12(3)8-11(2)9-13(17)4/h8-10,19H,7H2,1-6H3. The first-order chi connectivity index (χ1) is 11.6. The smallest absolute Gasteiger partial charge is 0.354 e. The number of sulfonamides is 1. The highest BCUT2D eigenvalue weighted by atomic mass is 32.2. The van der Waals surface area contributed by atoms with Crippen LogP contribution < -0.4 is 4.72 Å². The van der Waals surface area contributed by atoms with Crippen molar-refractivity contribution in [3.8, 4) is 0 Å². The molecule has 0 amide bonds. The Balaban J connectivity index is 2.48. The number of aromatic nitrogens is 1. The number of esters is 1. The summed E-state index contributed by atoms with van der Waals surface area (Å²) in [6, 6.07) is 5.20. The lowest BCUT2D eigenvalue weighted by atomic mass is 10.1. The summed E-state index contributed by atoms with van der Waals surface area (Å²) in [4.78, 5) is 12.1. The van der Waals surface area contributed by atoms with Crippen molar-refractivity contribution in [1.82, 2.24) is 4.57 Å². The highest BCUT2D eigenvalue weighted by Gasteiger charge is 2.25. The quantitative estimate of drug-likeness (QED) is 0.826. The molecule has 7 heteroatoms. The van der Waals surface area contributed by atoms with Crippen molar-refractivity contribution in [2.45, 2.75) is 39.5 Å². The van der Waals surface area contributed by atoms with Crippen molar-refractivity contribution in [2.75, 3.05) is 11.3 Å². The van der Waals surface area contributed by atoms with E-state index in [2.05, 4.69) is 4.72 Å². The van der Waals surface area contributed by atoms with Crippen LogP contribution in [0.25, 0.3) is 0 Å². The second-order valence-corrected chi connectivity index (χ2v) is 7.79. The maximum atomic E-state index is 12.9. The van der Waals surface area contributed by atoms with Crippen molar-refractivity contribution in [2.24, 2.45) is 7.05 Å². The summed E-state index contributed by atoms with van der Waals surface area (Å²) in [5, 5.41) is 0. The molecule has 0 atom stereocenters. The second kappa shape index (κ2) is 6.92. The van der Waals surface area contributed by atoms with Gasteiger partial charge in [-0.25, -0.2) is 13.2 Å². The molecule has 1 N–H and O–H groups in total. The van der Waals surface area contributed by atoms with Crippen LogP contribution in [0.5, 0.6) is 0 Å². The van der Waals surface area contributed by atoms with Gasteiger partial charge in [-0.2, -0.15) is 0 Å². The molecule has 0 saturated carbocycles. The first kappa shape index (κ1) is 19.1. The number of carbonyl (C=O) groups excluding carboxylic acids is 1. The second-order valence-electron chi connectivity index (χ2n) is 6.14. The van der Waals surface area contributed by atoms with Gasteiger partial charge < -0.3 is 9.30 Å². The number of rotatable bonds is 5. The third-order valence-corrected chi connectivity index (χ3v) is 5.64. The molecule has 0 radical (unpaired) electrons. The Morgan fingerprint density at radius 2 is 1.68 bits per heavy atom. The fraction of sp³-hybridized carbons (Fsp3) is 0.389. The monoisotopic (exact) mass is 364 g/mol. The lowest BCUT2D eigenvalue weighted by molar-refractivity contribution is 0.0515. The fourth-order valence-electron chi connectivity index (χ4n) is 2.87. The Kier molecular flexibility index (Phi) is 5.27. The molecular weight excluding hydrogens is 340 g/mol. The number of aryl methyl sites for hydroxylation is 3. The van der Waals surface area contributed by atoms with Gasteiger partial charge in [0, 0.05) is 12.7 Å². The van der Waals surface area contributed by atoms with E-state index in [1.54, 1.807) is 20.9 Å².